The van der Waals surface area contributed by atoms with E-state index in [4.69, 9.17) is 5.73 Å². The van der Waals surface area contributed by atoms with Crippen molar-refractivity contribution in [1.82, 2.24) is 5.32 Å². The molecule has 2 aliphatic carbocycles. The van der Waals surface area contributed by atoms with Crippen LogP contribution in [0.25, 0.3) is 0 Å². The molecule has 0 heterocycles. The van der Waals surface area contributed by atoms with E-state index in [1.807, 2.05) is 0 Å². The van der Waals surface area contributed by atoms with Crippen molar-refractivity contribution in [1.29, 1.82) is 0 Å². The van der Waals surface area contributed by atoms with E-state index in [0.29, 0.717) is 18.1 Å². The summed E-state index contributed by atoms with van der Waals surface area (Å²) in [5.74, 6) is 0.745. The Morgan fingerprint density at radius 2 is 1.88 bits per heavy atom. The Balaban J connectivity index is 1.52. The maximum Gasteiger partial charge on any atom is 0.0145 e. The van der Waals surface area contributed by atoms with Gasteiger partial charge < -0.3 is 11.1 Å². The summed E-state index contributed by atoms with van der Waals surface area (Å²) in [6.45, 7) is 0. The van der Waals surface area contributed by atoms with Gasteiger partial charge in [0.05, 0.1) is 0 Å². The molecule has 2 nitrogen and oxygen atoms in total. The SMILES string of the molecule is NC1CCCC(N[C@@H]2C[C@H]2c2ccccc2)C1. The van der Waals surface area contributed by atoms with Gasteiger partial charge >= 0.3 is 0 Å². The molecular formula is C15H22N2. The highest BCUT2D eigenvalue weighted by molar-refractivity contribution is 5.27. The average molecular weight is 230 g/mol. The number of nitrogens with one attached hydrogen (secondary N) is 1. The maximum absolute atomic E-state index is 6.03. The van der Waals surface area contributed by atoms with Crippen molar-refractivity contribution in [2.45, 2.75) is 56.1 Å². The minimum absolute atomic E-state index is 0.426. The van der Waals surface area contributed by atoms with Crippen LogP contribution in [-0.2, 0) is 0 Å². The lowest BCUT2D eigenvalue weighted by molar-refractivity contribution is 0.336. The van der Waals surface area contributed by atoms with Gasteiger partial charge in [0.1, 0.15) is 0 Å². The fourth-order valence-corrected chi connectivity index (χ4v) is 3.13. The molecule has 2 aliphatic rings. The smallest absolute Gasteiger partial charge is 0.0145 e. The van der Waals surface area contributed by atoms with Crippen LogP contribution in [-0.4, -0.2) is 18.1 Å². The molecule has 0 amide bonds. The van der Waals surface area contributed by atoms with Crippen LogP contribution < -0.4 is 11.1 Å². The van der Waals surface area contributed by atoms with Crippen LogP contribution in [0, 0.1) is 0 Å². The van der Waals surface area contributed by atoms with Crippen molar-refractivity contribution in [3.63, 3.8) is 0 Å². The Bertz CT molecular complexity index is 362. The quantitative estimate of drug-likeness (QED) is 0.837. The minimum Gasteiger partial charge on any atom is -0.328 e. The lowest BCUT2D eigenvalue weighted by atomic mass is 9.91. The molecule has 0 saturated heterocycles. The highest BCUT2D eigenvalue weighted by atomic mass is 15.0. The number of rotatable bonds is 3. The van der Waals surface area contributed by atoms with Gasteiger partial charge in [0.25, 0.3) is 0 Å². The maximum atomic E-state index is 6.03. The summed E-state index contributed by atoms with van der Waals surface area (Å²) in [7, 11) is 0. The third-order valence-corrected chi connectivity index (χ3v) is 4.18. The van der Waals surface area contributed by atoms with E-state index in [9.17, 15) is 0 Å². The van der Waals surface area contributed by atoms with Gasteiger partial charge in [0, 0.05) is 24.0 Å². The normalized spacial score (nSPS) is 36.8. The molecule has 2 heteroatoms. The molecule has 4 atom stereocenters. The van der Waals surface area contributed by atoms with Gasteiger partial charge in [0.2, 0.25) is 0 Å². The summed E-state index contributed by atoms with van der Waals surface area (Å²) in [4.78, 5) is 0. The fraction of sp³-hybridized carbons (Fsp3) is 0.600. The van der Waals surface area contributed by atoms with Crippen LogP contribution >= 0.6 is 0 Å². The van der Waals surface area contributed by atoms with E-state index >= 15 is 0 Å². The third kappa shape index (κ3) is 2.70. The Labute approximate surface area is 104 Å². The van der Waals surface area contributed by atoms with Crippen molar-refractivity contribution in [2.75, 3.05) is 0 Å². The zero-order chi connectivity index (χ0) is 11.7. The zero-order valence-electron chi connectivity index (χ0n) is 10.3. The summed E-state index contributed by atoms with van der Waals surface area (Å²) in [5.41, 5.74) is 7.52. The van der Waals surface area contributed by atoms with E-state index in [1.165, 1.54) is 31.2 Å². The Morgan fingerprint density at radius 3 is 2.65 bits per heavy atom. The topological polar surface area (TPSA) is 38.0 Å². The van der Waals surface area contributed by atoms with Crippen molar-refractivity contribution >= 4 is 0 Å². The monoisotopic (exact) mass is 230 g/mol. The van der Waals surface area contributed by atoms with Crippen LogP contribution in [0.2, 0.25) is 0 Å². The van der Waals surface area contributed by atoms with Crippen LogP contribution in [0.5, 0.6) is 0 Å². The first-order chi connectivity index (χ1) is 8.33. The second-order valence-corrected chi connectivity index (χ2v) is 5.65. The summed E-state index contributed by atoms with van der Waals surface area (Å²) >= 11 is 0. The first-order valence-electron chi connectivity index (χ1n) is 6.89. The molecule has 2 unspecified atom stereocenters. The predicted octanol–water partition coefficient (Wildman–Crippen LogP) is 2.40. The molecule has 0 bridgehead atoms. The van der Waals surface area contributed by atoms with E-state index in [1.54, 1.807) is 0 Å². The van der Waals surface area contributed by atoms with Gasteiger partial charge in [-0.05, 0) is 31.2 Å². The highest BCUT2D eigenvalue weighted by Gasteiger charge is 2.39. The molecule has 17 heavy (non-hydrogen) atoms. The summed E-state index contributed by atoms with van der Waals surface area (Å²) < 4.78 is 0. The van der Waals surface area contributed by atoms with E-state index in [-0.39, 0.29) is 0 Å². The van der Waals surface area contributed by atoms with E-state index < -0.39 is 0 Å². The number of nitrogens with two attached hydrogens (primary N) is 1. The fourth-order valence-electron chi connectivity index (χ4n) is 3.13. The van der Waals surface area contributed by atoms with Crippen molar-refractivity contribution in [3.8, 4) is 0 Å². The van der Waals surface area contributed by atoms with Crippen molar-refractivity contribution in [2.24, 2.45) is 5.73 Å². The van der Waals surface area contributed by atoms with E-state index in [0.717, 1.165) is 12.3 Å². The molecule has 0 aromatic heterocycles. The van der Waals surface area contributed by atoms with Crippen molar-refractivity contribution < 1.29 is 0 Å². The molecule has 0 spiro atoms. The molecule has 2 saturated carbocycles. The molecule has 2 fully saturated rings. The molecule has 0 radical (unpaired) electrons. The molecule has 3 rings (SSSR count). The average Bonchev–Trinajstić information content (AvgIpc) is 3.10. The Kier molecular flexibility index (Phi) is 3.17. The minimum atomic E-state index is 0.426. The largest absolute Gasteiger partial charge is 0.328 e. The van der Waals surface area contributed by atoms with Crippen LogP contribution in [0.3, 0.4) is 0 Å². The number of hydrogen-bond acceptors (Lipinski definition) is 2. The molecule has 92 valence electrons. The van der Waals surface area contributed by atoms with Crippen LogP contribution in [0.4, 0.5) is 0 Å². The lowest BCUT2D eigenvalue weighted by Gasteiger charge is -2.27. The molecule has 1 aromatic carbocycles. The Morgan fingerprint density at radius 1 is 1.06 bits per heavy atom. The highest BCUT2D eigenvalue weighted by Crippen LogP contribution is 2.41. The van der Waals surface area contributed by atoms with E-state index in [2.05, 4.69) is 35.6 Å². The lowest BCUT2D eigenvalue weighted by Crippen LogP contribution is -2.40. The second kappa shape index (κ2) is 4.79. The molecule has 3 N–H and O–H groups in total. The van der Waals surface area contributed by atoms with Crippen LogP contribution in [0.15, 0.2) is 30.3 Å². The zero-order valence-corrected chi connectivity index (χ0v) is 10.3. The van der Waals surface area contributed by atoms with Crippen molar-refractivity contribution in [3.05, 3.63) is 35.9 Å². The molecule has 0 aliphatic heterocycles. The van der Waals surface area contributed by atoms with Gasteiger partial charge in [-0.3, -0.25) is 0 Å². The summed E-state index contributed by atoms with van der Waals surface area (Å²) in [6.07, 6.45) is 6.28. The first kappa shape index (κ1) is 11.2. The number of hydrogen-bond donors (Lipinski definition) is 2. The van der Waals surface area contributed by atoms with Gasteiger partial charge in [-0.15, -0.1) is 0 Å². The second-order valence-electron chi connectivity index (χ2n) is 5.65. The predicted molar refractivity (Wildman–Crippen MR) is 71.0 cm³/mol. The molecular weight excluding hydrogens is 208 g/mol. The Hall–Kier alpha value is -0.860. The van der Waals surface area contributed by atoms with Gasteiger partial charge in [-0.2, -0.15) is 0 Å². The van der Waals surface area contributed by atoms with Gasteiger partial charge in [-0.25, -0.2) is 0 Å². The first-order valence-corrected chi connectivity index (χ1v) is 6.89. The number of benzene rings is 1. The van der Waals surface area contributed by atoms with Gasteiger partial charge in [0.15, 0.2) is 0 Å². The van der Waals surface area contributed by atoms with Gasteiger partial charge in [-0.1, -0.05) is 36.8 Å². The third-order valence-electron chi connectivity index (χ3n) is 4.18. The molecule has 1 aromatic rings. The summed E-state index contributed by atoms with van der Waals surface area (Å²) in [5, 5.41) is 3.79. The standard InChI is InChI=1S/C15H22N2/c16-12-7-4-8-13(9-12)17-15-10-14(15)11-5-2-1-3-6-11/h1-3,5-6,12-15,17H,4,7-10,16H2/t12?,13?,14-,15+/m0/s1. The van der Waals surface area contributed by atoms with Crippen LogP contribution in [0.1, 0.15) is 43.6 Å². The summed E-state index contributed by atoms with van der Waals surface area (Å²) in [6, 6.07) is 12.7.